The average molecular weight is 429 g/mol. The van der Waals surface area contributed by atoms with E-state index >= 15 is 0 Å². The molecule has 2 aromatic heterocycles. The van der Waals surface area contributed by atoms with Crippen LogP contribution in [0.25, 0.3) is 16.9 Å². The number of carbonyl (C=O) groups is 1. The largest absolute Gasteiger partial charge is 0.365 e. The minimum absolute atomic E-state index is 0.0818. The summed E-state index contributed by atoms with van der Waals surface area (Å²) in [6.07, 6.45) is 11.3. The van der Waals surface area contributed by atoms with Crippen LogP contribution in [0.4, 0.5) is 4.39 Å². The second kappa shape index (κ2) is 10.1. The van der Waals surface area contributed by atoms with E-state index in [0.717, 1.165) is 16.9 Å². The van der Waals surface area contributed by atoms with Crippen molar-refractivity contribution in [2.24, 2.45) is 5.73 Å². The molecule has 0 unspecified atom stereocenters. The van der Waals surface area contributed by atoms with Crippen LogP contribution in [-0.2, 0) is 0 Å². The van der Waals surface area contributed by atoms with E-state index in [1.165, 1.54) is 50.8 Å². The fourth-order valence-corrected chi connectivity index (χ4v) is 3.31. The molecule has 6 nitrogen and oxygen atoms in total. The summed E-state index contributed by atoms with van der Waals surface area (Å²) in [6.45, 7) is 0. The highest BCUT2D eigenvalue weighted by Gasteiger charge is 2.15. The first-order valence-electron chi connectivity index (χ1n) is 9.77. The maximum absolute atomic E-state index is 13.4. The fourth-order valence-electron chi connectivity index (χ4n) is 3.18. The van der Waals surface area contributed by atoms with Crippen molar-refractivity contribution in [2.45, 2.75) is 38.5 Å². The molecule has 0 radical (unpaired) electrons. The van der Waals surface area contributed by atoms with E-state index in [9.17, 15) is 14.0 Å². The van der Waals surface area contributed by atoms with Gasteiger partial charge in [0.15, 0.2) is 0 Å². The van der Waals surface area contributed by atoms with Crippen LogP contribution >= 0.6 is 11.6 Å². The van der Waals surface area contributed by atoms with Gasteiger partial charge in [-0.1, -0.05) is 62.3 Å². The van der Waals surface area contributed by atoms with Gasteiger partial charge >= 0.3 is 0 Å². The molecule has 30 heavy (non-hydrogen) atoms. The number of halogens is 2. The van der Waals surface area contributed by atoms with Crippen molar-refractivity contribution >= 4 is 17.5 Å². The highest BCUT2D eigenvalue weighted by molar-refractivity contribution is 6.30. The molecule has 2 N–H and O–H groups in total. The van der Waals surface area contributed by atoms with Gasteiger partial charge in [0.1, 0.15) is 11.4 Å². The third-order valence-electron chi connectivity index (χ3n) is 4.75. The molecular formula is C22H22ClFN4O2. The smallest absolute Gasteiger partial charge is 0.284 e. The van der Waals surface area contributed by atoms with Crippen LogP contribution in [0.5, 0.6) is 0 Å². The number of carbonyl (C=O) groups excluding carboxylic acids is 1. The van der Waals surface area contributed by atoms with Crippen LogP contribution in [0.3, 0.4) is 0 Å². The summed E-state index contributed by atoms with van der Waals surface area (Å²) in [6, 6.07) is 9.00. The molecule has 1 aromatic carbocycles. The van der Waals surface area contributed by atoms with E-state index in [4.69, 9.17) is 17.3 Å². The summed E-state index contributed by atoms with van der Waals surface area (Å²) < 4.78 is 14.3. The summed E-state index contributed by atoms with van der Waals surface area (Å²) >= 11 is 5.85. The zero-order valence-corrected chi connectivity index (χ0v) is 17.1. The third kappa shape index (κ3) is 5.51. The SMILES string of the molecule is C1CCCCC1.NC(=O)c1cc(-c2ccc(Cl)cc2)nn(-c2cncc(F)c2)c1=O. The summed E-state index contributed by atoms with van der Waals surface area (Å²) in [7, 11) is 0. The number of hydrogen-bond donors (Lipinski definition) is 1. The number of nitrogens with zero attached hydrogens (tertiary/aromatic N) is 3. The number of nitrogens with two attached hydrogens (primary N) is 1. The molecule has 0 bridgehead atoms. The van der Waals surface area contributed by atoms with Crippen molar-refractivity contribution < 1.29 is 9.18 Å². The predicted octanol–water partition coefficient (Wildman–Crippen LogP) is 4.53. The van der Waals surface area contributed by atoms with Crippen LogP contribution in [-0.4, -0.2) is 20.7 Å². The highest BCUT2D eigenvalue weighted by atomic mass is 35.5. The average Bonchev–Trinajstić information content (AvgIpc) is 2.76. The van der Waals surface area contributed by atoms with Gasteiger partial charge in [-0.25, -0.2) is 4.39 Å². The van der Waals surface area contributed by atoms with Gasteiger partial charge < -0.3 is 5.73 Å². The number of rotatable bonds is 3. The van der Waals surface area contributed by atoms with E-state index in [0.29, 0.717) is 16.3 Å². The van der Waals surface area contributed by atoms with Crippen LogP contribution in [0.15, 0.2) is 53.6 Å². The van der Waals surface area contributed by atoms with Crippen molar-refractivity contribution in [1.29, 1.82) is 0 Å². The Kier molecular flexibility index (Phi) is 7.30. The molecule has 1 aliphatic carbocycles. The van der Waals surface area contributed by atoms with Gasteiger partial charge in [-0.2, -0.15) is 9.78 Å². The maximum atomic E-state index is 13.4. The van der Waals surface area contributed by atoms with Gasteiger partial charge in [-0.3, -0.25) is 14.6 Å². The second-order valence-corrected chi connectivity index (χ2v) is 7.45. The van der Waals surface area contributed by atoms with Crippen LogP contribution < -0.4 is 11.3 Å². The maximum Gasteiger partial charge on any atom is 0.284 e. The molecule has 0 spiro atoms. The number of amides is 1. The lowest BCUT2D eigenvalue weighted by Gasteiger charge is -2.09. The molecule has 156 valence electrons. The number of benzene rings is 1. The lowest BCUT2D eigenvalue weighted by Crippen LogP contribution is -2.30. The molecule has 0 aliphatic heterocycles. The van der Waals surface area contributed by atoms with Crippen molar-refractivity contribution in [3.05, 3.63) is 75.5 Å². The van der Waals surface area contributed by atoms with E-state index in [-0.39, 0.29) is 11.3 Å². The molecule has 1 fully saturated rings. The van der Waals surface area contributed by atoms with Crippen LogP contribution in [0.2, 0.25) is 5.02 Å². The number of pyridine rings is 1. The summed E-state index contributed by atoms with van der Waals surface area (Å²) in [5.41, 5.74) is 5.25. The van der Waals surface area contributed by atoms with Gasteiger partial charge in [-0.15, -0.1) is 0 Å². The Morgan fingerprint density at radius 1 is 1.00 bits per heavy atom. The molecule has 8 heteroatoms. The van der Waals surface area contributed by atoms with Crippen LogP contribution in [0.1, 0.15) is 48.9 Å². The van der Waals surface area contributed by atoms with Crippen molar-refractivity contribution in [3.8, 4) is 16.9 Å². The standard InChI is InChI=1S/C16H10ClFN4O2.C6H12/c17-10-3-1-9(2-4-10)14-6-13(15(19)23)16(24)22(21-14)12-5-11(18)7-20-8-12;1-2-4-6-5-3-1/h1-8H,(H2,19,23);1-6H2. The Bertz CT molecular complexity index is 1070. The molecule has 1 saturated carbocycles. The summed E-state index contributed by atoms with van der Waals surface area (Å²) in [5, 5.41) is 4.70. The topological polar surface area (TPSA) is 90.9 Å². The quantitative estimate of drug-likeness (QED) is 0.663. The first-order chi connectivity index (χ1) is 14.5. The molecule has 4 rings (SSSR count). The minimum Gasteiger partial charge on any atom is -0.365 e. The number of primary amides is 1. The molecule has 1 aliphatic rings. The van der Waals surface area contributed by atoms with Gasteiger partial charge in [0.2, 0.25) is 0 Å². The normalized spacial score (nSPS) is 13.3. The Morgan fingerprint density at radius 3 is 2.13 bits per heavy atom. The predicted molar refractivity (Wildman–Crippen MR) is 114 cm³/mol. The lowest BCUT2D eigenvalue weighted by molar-refractivity contribution is 0.0998. The minimum atomic E-state index is -0.907. The first kappa shape index (κ1) is 21.6. The summed E-state index contributed by atoms with van der Waals surface area (Å²) in [5.74, 6) is -1.55. The van der Waals surface area contributed by atoms with Gasteiger partial charge in [-0.05, 0) is 18.2 Å². The molecule has 3 aromatic rings. The number of aromatic nitrogens is 3. The lowest BCUT2D eigenvalue weighted by atomic mass is 10.0. The third-order valence-corrected chi connectivity index (χ3v) is 5.00. The molecule has 1 amide bonds. The zero-order valence-electron chi connectivity index (χ0n) is 16.4. The second-order valence-electron chi connectivity index (χ2n) is 7.01. The molecule has 0 saturated heterocycles. The Balaban J connectivity index is 0.000000367. The number of hydrogen-bond acceptors (Lipinski definition) is 4. The van der Waals surface area contributed by atoms with E-state index in [2.05, 4.69) is 10.1 Å². The van der Waals surface area contributed by atoms with Gasteiger partial charge in [0.05, 0.1) is 23.8 Å². The molecular weight excluding hydrogens is 407 g/mol. The Morgan fingerprint density at radius 2 is 1.60 bits per heavy atom. The van der Waals surface area contributed by atoms with Crippen LogP contribution in [0, 0.1) is 5.82 Å². The van der Waals surface area contributed by atoms with Crippen molar-refractivity contribution in [2.75, 3.05) is 0 Å². The monoisotopic (exact) mass is 428 g/mol. The van der Waals surface area contributed by atoms with Gasteiger partial charge in [0, 0.05) is 16.7 Å². The van der Waals surface area contributed by atoms with E-state index < -0.39 is 17.3 Å². The summed E-state index contributed by atoms with van der Waals surface area (Å²) in [4.78, 5) is 27.7. The fraction of sp³-hybridized carbons (Fsp3) is 0.273. The Labute approximate surface area is 178 Å². The van der Waals surface area contributed by atoms with Crippen molar-refractivity contribution in [1.82, 2.24) is 14.8 Å². The first-order valence-corrected chi connectivity index (χ1v) is 10.1. The zero-order chi connectivity index (χ0) is 21.5. The van der Waals surface area contributed by atoms with E-state index in [1.807, 2.05) is 0 Å². The van der Waals surface area contributed by atoms with Gasteiger partial charge in [0.25, 0.3) is 11.5 Å². The van der Waals surface area contributed by atoms with Crippen molar-refractivity contribution in [3.63, 3.8) is 0 Å². The highest BCUT2D eigenvalue weighted by Crippen LogP contribution is 2.20. The molecule has 2 heterocycles. The van der Waals surface area contributed by atoms with E-state index in [1.54, 1.807) is 24.3 Å². The molecule has 0 atom stereocenters. The Hall–Kier alpha value is -3.06.